The van der Waals surface area contributed by atoms with Crippen molar-refractivity contribution in [2.45, 2.75) is 77.0 Å². The molecule has 0 amide bonds. The number of halogens is 1. The van der Waals surface area contributed by atoms with Crippen LogP contribution in [0.2, 0.25) is 5.02 Å². The van der Waals surface area contributed by atoms with Gasteiger partial charge >= 0.3 is 5.97 Å². The average Bonchev–Trinajstić information content (AvgIpc) is 3.69. The number of aromatic nitrogens is 3. The van der Waals surface area contributed by atoms with Crippen LogP contribution in [0.4, 0.5) is 0 Å². The van der Waals surface area contributed by atoms with Crippen molar-refractivity contribution in [1.29, 1.82) is 0 Å². The molecule has 0 unspecified atom stereocenters. The number of benzene rings is 3. The van der Waals surface area contributed by atoms with Gasteiger partial charge in [-0.25, -0.2) is 9.78 Å². The molecule has 5 aromatic rings. The van der Waals surface area contributed by atoms with Crippen molar-refractivity contribution in [1.82, 2.24) is 19.7 Å². The van der Waals surface area contributed by atoms with Crippen LogP contribution in [0.15, 0.2) is 48.5 Å². The molecule has 0 spiro atoms. The number of thiazole rings is 1. The van der Waals surface area contributed by atoms with E-state index in [4.69, 9.17) is 26.4 Å². The number of rotatable bonds is 7. The van der Waals surface area contributed by atoms with Gasteiger partial charge in [0.25, 0.3) is 0 Å². The van der Waals surface area contributed by atoms with Gasteiger partial charge in [0.05, 0.1) is 27.0 Å². The van der Waals surface area contributed by atoms with Crippen molar-refractivity contribution >= 4 is 50.0 Å². The Morgan fingerprint density at radius 3 is 2.38 bits per heavy atom. The number of carboxylic acid groups (broad SMARTS) is 1. The molecule has 45 heavy (non-hydrogen) atoms. The summed E-state index contributed by atoms with van der Waals surface area (Å²) in [6.45, 7) is 9.87. The first-order valence-corrected chi connectivity index (χ1v) is 17.0. The minimum Gasteiger partial charge on any atom is -0.479 e. The second-order valence-electron chi connectivity index (χ2n) is 13.6. The number of nitrogens with zero attached hydrogens (tertiary/aromatic N) is 4. The molecule has 1 N–H and O–H groups in total. The van der Waals surface area contributed by atoms with Crippen molar-refractivity contribution in [3.8, 4) is 21.7 Å². The highest BCUT2D eigenvalue weighted by Crippen LogP contribution is 2.45. The first kappa shape index (κ1) is 30.4. The van der Waals surface area contributed by atoms with Crippen LogP contribution in [0, 0.1) is 6.92 Å². The van der Waals surface area contributed by atoms with Crippen molar-refractivity contribution < 1.29 is 14.6 Å². The summed E-state index contributed by atoms with van der Waals surface area (Å²) in [5.74, 6) is -0.573. The van der Waals surface area contributed by atoms with Gasteiger partial charge in [-0.3, -0.25) is 4.68 Å². The monoisotopic (exact) mass is 642 g/mol. The highest BCUT2D eigenvalue weighted by atomic mass is 35.5. The first-order chi connectivity index (χ1) is 21.5. The lowest BCUT2D eigenvalue weighted by molar-refractivity contribution is -0.160. The molecule has 2 fully saturated rings. The number of fused-ring (bicyclic) bond motifs is 2. The first-order valence-electron chi connectivity index (χ1n) is 15.8. The molecule has 1 atom stereocenters. The molecule has 7 nitrogen and oxygen atoms in total. The molecule has 1 aliphatic carbocycles. The summed E-state index contributed by atoms with van der Waals surface area (Å²) in [6, 6.07) is 16.9. The Hall–Kier alpha value is -3.30. The maximum Gasteiger partial charge on any atom is 0.337 e. The quantitative estimate of drug-likeness (QED) is 0.191. The van der Waals surface area contributed by atoms with Gasteiger partial charge in [-0.2, -0.15) is 5.10 Å². The largest absolute Gasteiger partial charge is 0.479 e. The highest BCUT2D eigenvalue weighted by molar-refractivity contribution is 7.22. The van der Waals surface area contributed by atoms with Gasteiger partial charge in [0.2, 0.25) is 0 Å². The van der Waals surface area contributed by atoms with Crippen LogP contribution in [0.3, 0.4) is 0 Å². The number of carboxylic acids is 1. The van der Waals surface area contributed by atoms with Crippen molar-refractivity contribution in [3.05, 3.63) is 70.4 Å². The molecule has 0 bridgehead atoms. The van der Waals surface area contributed by atoms with Crippen molar-refractivity contribution in [2.75, 3.05) is 13.1 Å². The Kier molecular flexibility index (Phi) is 7.76. The number of aryl methyl sites for hydroxylation is 2. The van der Waals surface area contributed by atoms with Gasteiger partial charge in [0.15, 0.2) is 6.10 Å². The van der Waals surface area contributed by atoms with Gasteiger partial charge < -0.3 is 14.7 Å². The van der Waals surface area contributed by atoms with Gasteiger partial charge in [-0.1, -0.05) is 23.7 Å². The van der Waals surface area contributed by atoms with Gasteiger partial charge in [-0.05, 0) is 114 Å². The molecular formula is C36H39ClN4O3S. The Morgan fingerprint density at radius 2 is 1.73 bits per heavy atom. The van der Waals surface area contributed by atoms with E-state index in [0.717, 1.165) is 75.0 Å². The summed E-state index contributed by atoms with van der Waals surface area (Å²) >= 11 is 7.86. The normalized spacial score (nSPS) is 17.4. The Balaban J connectivity index is 1.35. The predicted molar refractivity (Wildman–Crippen MR) is 182 cm³/mol. The Morgan fingerprint density at radius 1 is 1.04 bits per heavy atom. The highest BCUT2D eigenvalue weighted by Gasteiger charge is 2.34. The maximum absolute atomic E-state index is 12.7. The van der Waals surface area contributed by atoms with Crippen LogP contribution in [0.25, 0.3) is 42.8 Å². The maximum atomic E-state index is 12.7. The predicted octanol–water partition coefficient (Wildman–Crippen LogP) is 8.76. The molecule has 0 radical (unpaired) electrons. The van der Waals surface area contributed by atoms with E-state index in [1.54, 1.807) is 11.3 Å². The number of aliphatic carboxylic acids is 1. The Labute approximate surface area is 272 Å². The lowest BCUT2D eigenvalue weighted by atomic mass is 9.91. The van der Waals surface area contributed by atoms with E-state index in [1.165, 1.54) is 23.9 Å². The SMILES string of the molecule is Cc1cc2nc(-c3ccc4c(c3)c(C3CCN(C5CC5)CC3)nn4C)sc2c(-c2ccc(Cl)cc2)c1[C@H](OC(C)(C)C)C(=O)O. The topological polar surface area (TPSA) is 80.5 Å². The van der Waals surface area contributed by atoms with E-state index in [0.29, 0.717) is 16.5 Å². The molecule has 3 heterocycles. The van der Waals surface area contributed by atoms with Gasteiger partial charge in [-0.15, -0.1) is 11.3 Å². The fourth-order valence-corrected chi connectivity index (χ4v) is 8.11. The summed E-state index contributed by atoms with van der Waals surface area (Å²) in [6.07, 6.45) is 3.84. The van der Waals surface area contributed by atoms with E-state index >= 15 is 0 Å². The molecule has 9 heteroatoms. The summed E-state index contributed by atoms with van der Waals surface area (Å²) in [5, 5.41) is 18.1. The molecule has 2 aliphatic rings. The molecule has 1 aliphatic heterocycles. The van der Waals surface area contributed by atoms with E-state index in [-0.39, 0.29) is 0 Å². The molecule has 2 aromatic heterocycles. The van der Waals surface area contributed by atoms with Crippen LogP contribution in [0.5, 0.6) is 0 Å². The second-order valence-corrected chi connectivity index (χ2v) is 15.0. The molecule has 1 saturated carbocycles. The van der Waals surface area contributed by atoms with Gasteiger partial charge in [0, 0.05) is 46.1 Å². The van der Waals surface area contributed by atoms with Crippen LogP contribution in [-0.2, 0) is 16.6 Å². The smallest absolute Gasteiger partial charge is 0.337 e. The number of hydrogen-bond donors (Lipinski definition) is 1. The fraction of sp³-hybridized carbons (Fsp3) is 0.417. The van der Waals surface area contributed by atoms with Crippen LogP contribution < -0.4 is 0 Å². The van der Waals surface area contributed by atoms with Crippen molar-refractivity contribution in [3.63, 3.8) is 0 Å². The summed E-state index contributed by atoms with van der Waals surface area (Å²) in [5.41, 5.74) is 6.70. The summed E-state index contributed by atoms with van der Waals surface area (Å²) in [7, 11) is 2.03. The zero-order chi connectivity index (χ0) is 31.6. The molecule has 7 rings (SSSR count). The minimum absolute atomic E-state index is 0.451. The lowest BCUT2D eigenvalue weighted by Gasteiger charge is -2.31. The zero-order valence-electron chi connectivity index (χ0n) is 26.4. The van der Waals surface area contributed by atoms with Crippen molar-refractivity contribution in [2.24, 2.45) is 7.05 Å². The molecule has 1 saturated heterocycles. The number of hydrogen-bond acceptors (Lipinski definition) is 6. The molecule has 234 valence electrons. The third-order valence-electron chi connectivity index (χ3n) is 9.12. The third kappa shape index (κ3) is 5.89. The van der Waals surface area contributed by atoms with E-state index in [9.17, 15) is 9.90 Å². The number of carbonyl (C=O) groups is 1. The number of ether oxygens (including phenoxy) is 1. The van der Waals surface area contributed by atoms with Crippen LogP contribution in [0.1, 0.15) is 75.3 Å². The van der Waals surface area contributed by atoms with E-state index in [2.05, 4.69) is 23.1 Å². The van der Waals surface area contributed by atoms with E-state index < -0.39 is 17.7 Å². The second kappa shape index (κ2) is 11.5. The standard InChI is InChI=1S/C36H39ClN4O3S/c1-20-18-27-33(30(21-6-9-24(37)10-7-21)29(20)32(35(42)43)44-36(2,3)4)45-34(38-27)23-8-13-28-26(19-23)31(39-40(28)5)22-14-16-41(17-15-22)25-11-12-25/h6-10,13,18-19,22,25,32H,11-12,14-17H2,1-5H3,(H,42,43)/t32-/m0/s1. The molecular weight excluding hydrogens is 604 g/mol. The molecule has 3 aromatic carbocycles. The van der Waals surface area contributed by atoms with Crippen LogP contribution >= 0.6 is 22.9 Å². The number of likely N-dealkylation sites (tertiary alicyclic amines) is 1. The minimum atomic E-state index is -1.15. The van der Waals surface area contributed by atoms with Gasteiger partial charge in [0.1, 0.15) is 5.01 Å². The van der Waals surface area contributed by atoms with E-state index in [1.807, 2.05) is 69.8 Å². The zero-order valence-corrected chi connectivity index (χ0v) is 28.0. The third-order valence-corrected chi connectivity index (χ3v) is 10.5. The number of piperidine rings is 1. The van der Waals surface area contributed by atoms with Crippen LogP contribution in [-0.4, -0.2) is 55.5 Å². The Bertz CT molecular complexity index is 1910. The summed E-state index contributed by atoms with van der Waals surface area (Å²) < 4.78 is 9.12. The average molecular weight is 643 g/mol. The lowest BCUT2D eigenvalue weighted by Crippen LogP contribution is -2.34. The summed E-state index contributed by atoms with van der Waals surface area (Å²) in [4.78, 5) is 20.5. The fourth-order valence-electron chi connectivity index (χ4n) is 6.87.